The van der Waals surface area contributed by atoms with E-state index in [4.69, 9.17) is 0 Å². The molecule has 0 bridgehead atoms. The second-order valence-electron chi connectivity index (χ2n) is 8.04. The van der Waals surface area contributed by atoms with Crippen LogP contribution in [0, 0.1) is 6.92 Å². The molecule has 0 aliphatic carbocycles. The zero-order chi connectivity index (χ0) is 24.2. The van der Waals surface area contributed by atoms with E-state index in [1.54, 1.807) is 13.0 Å². The molecule has 0 aromatic heterocycles. The Labute approximate surface area is 194 Å². The summed E-state index contributed by atoms with van der Waals surface area (Å²) in [7, 11) is -4.13. The van der Waals surface area contributed by atoms with Gasteiger partial charge in [-0.15, -0.1) is 0 Å². The molecule has 176 valence electrons. The number of amides is 3. The van der Waals surface area contributed by atoms with Crippen LogP contribution >= 0.6 is 0 Å². The summed E-state index contributed by atoms with van der Waals surface area (Å²) >= 11 is 0. The SMILES string of the molecule is CCCNC(=O)[C@H](CC)N(Cc1cccc(C)c1)C(=O)CN1C(=O)c2ccccc2S1(=O)=O. The number of carbonyl (C=O) groups excluding carboxylic acids is 3. The maximum absolute atomic E-state index is 13.4. The Bertz CT molecular complexity index is 1160. The summed E-state index contributed by atoms with van der Waals surface area (Å²) in [4.78, 5) is 40.3. The number of hydrogen-bond donors (Lipinski definition) is 1. The lowest BCUT2D eigenvalue weighted by Gasteiger charge is -2.31. The zero-order valence-electron chi connectivity index (χ0n) is 19.1. The highest BCUT2D eigenvalue weighted by atomic mass is 32.2. The van der Waals surface area contributed by atoms with Gasteiger partial charge in [0.15, 0.2) is 0 Å². The molecule has 2 aromatic carbocycles. The van der Waals surface area contributed by atoms with Crippen LogP contribution in [0.15, 0.2) is 53.4 Å². The predicted octanol–water partition coefficient (Wildman–Crippen LogP) is 2.47. The van der Waals surface area contributed by atoms with Gasteiger partial charge in [-0.25, -0.2) is 12.7 Å². The van der Waals surface area contributed by atoms with Gasteiger partial charge in [0.2, 0.25) is 11.8 Å². The van der Waals surface area contributed by atoms with Crippen LogP contribution in [0.5, 0.6) is 0 Å². The van der Waals surface area contributed by atoms with Crippen LogP contribution in [0.25, 0.3) is 0 Å². The van der Waals surface area contributed by atoms with Crippen molar-refractivity contribution in [2.24, 2.45) is 0 Å². The number of carbonyl (C=O) groups is 3. The topological polar surface area (TPSA) is 104 Å². The Balaban J connectivity index is 1.92. The number of aryl methyl sites for hydroxylation is 1. The summed E-state index contributed by atoms with van der Waals surface area (Å²) in [6, 6.07) is 12.6. The van der Waals surface area contributed by atoms with Crippen molar-refractivity contribution in [3.63, 3.8) is 0 Å². The van der Waals surface area contributed by atoms with Gasteiger partial charge >= 0.3 is 0 Å². The summed E-state index contributed by atoms with van der Waals surface area (Å²) < 4.78 is 26.4. The molecule has 1 N–H and O–H groups in total. The average molecular weight is 472 g/mol. The average Bonchev–Trinajstić information content (AvgIpc) is 2.98. The summed E-state index contributed by atoms with van der Waals surface area (Å²) in [5.41, 5.74) is 1.85. The lowest BCUT2D eigenvalue weighted by atomic mass is 10.1. The Morgan fingerprint density at radius 1 is 1.09 bits per heavy atom. The number of hydrogen-bond acceptors (Lipinski definition) is 5. The summed E-state index contributed by atoms with van der Waals surface area (Å²) in [5, 5.41) is 2.82. The number of fused-ring (bicyclic) bond motifs is 1. The molecule has 8 nitrogen and oxygen atoms in total. The van der Waals surface area contributed by atoms with Crippen molar-refractivity contribution in [1.29, 1.82) is 0 Å². The molecule has 1 aliphatic heterocycles. The molecule has 9 heteroatoms. The van der Waals surface area contributed by atoms with Crippen molar-refractivity contribution in [2.45, 2.75) is 51.1 Å². The smallest absolute Gasteiger partial charge is 0.269 e. The third kappa shape index (κ3) is 5.08. The van der Waals surface area contributed by atoms with Crippen molar-refractivity contribution in [2.75, 3.05) is 13.1 Å². The number of nitrogens with zero attached hydrogens (tertiary/aromatic N) is 2. The highest BCUT2D eigenvalue weighted by Gasteiger charge is 2.43. The van der Waals surface area contributed by atoms with E-state index in [2.05, 4.69) is 5.32 Å². The fraction of sp³-hybridized carbons (Fsp3) is 0.375. The molecule has 0 fully saturated rings. The second kappa shape index (κ2) is 10.2. The molecule has 1 heterocycles. The fourth-order valence-electron chi connectivity index (χ4n) is 3.89. The van der Waals surface area contributed by atoms with Crippen molar-refractivity contribution in [1.82, 2.24) is 14.5 Å². The monoisotopic (exact) mass is 471 g/mol. The minimum absolute atomic E-state index is 0.0447. The van der Waals surface area contributed by atoms with E-state index in [1.165, 1.54) is 23.1 Å². The second-order valence-corrected chi connectivity index (χ2v) is 9.87. The van der Waals surface area contributed by atoms with Crippen LogP contribution < -0.4 is 5.32 Å². The van der Waals surface area contributed by atoms with Crippen LogP contribution in [0.3, 0.4) is 0 Å². The van der Waals surface area contributed by atoms with E-state index in [-0.39, 0.29) is 22.9 Å². The molecule has 1 atom stereocenters. The lowest BCUT2D eigenvalue weighted by molar-refractivity contribution is -0.141. The Morgan fingerprint density at radius 3 is 2.45 bits per heavy atom. The van der Waals surface area contributed by atoms with Gasteiger partial charge in [-0.05, 0) is 37.5 Å². The van der Waals surface area contributed by atoms with E-state index in [9.17, 15) is 22.8 Å². The normalized spacial score (nSPS) is 15.1. The minimum atomic E-state index is -4.13. The Morgan fingerprint density at radius 2 is 1.82 bits per heavy atom. The van der Waals surface area contributed by atoms with Gasteiger partial charge < -0.3 is 10.2 Å². The van der Waals surface area contributed by atoms with Gasteiger partial charge in [-0.3, -0.25) is 14.4 Å². The van der Waals surface area contributed by atoms with Crippen molar-refractivity contribution >= 4 is 27.7 Å². The third-order valence-electron chi connectivity index (χ3n) is 5.56. The number of sulfonamides is 1. The number of rotatable bonds is 9. The van der Waals surface area contributed by atoms with Crippen molar-refractivity contribution < 1.29 is 22.8 Å². The number of benzene rings is 2. The standard InChI is InChI=1S/C24H29N3O5S/c1-4-13-25-23(29)20(5-2)26(15-18-10-8-9-17(3)14-18)22(28)16-27-24(30)19-11-6-7-12-21(19)33(27,31)32/h6-12,14,20H,4-5,13,15-16H2,1-3H3,(H,25,29)/t20-/m0/s1. The minimum Gasteiger partial charge on any atom is -0.354 e. The first kappa shape index (κ1) is 24.4. The summed E-state index contributed by atoms with van der Waals surface area (Å²) in [6.07, 6.45) is 1.08. The molecule has 3 amide bonds. The molecule has 0 spiro atoms. The van der Waals surface area contributed by atoms with Crippen LogP contribution in [-0.4, -0.2) is 54.5 Å². The van der Waals surface area contributed by atoms with Gasteiger partial charge in [0, 0.05) is 13.1 Å². The zero-order valence-corrected chi connectivity index (χ0v) is 19.9. The van der Waals surface area contributed by atoms with Crippen molar-refractivity contribution in [3.05, 3.63) is 65.2 Å². The van der Waals surface area contributed by atoms with E-state index in [0.717, 1.165) is 17.5 Å². The number of nitrogens with one attached hydrogen (secondary N) is 1. The van der Waals surface area contributed by atoms with Crippen LogP contribution in [-0.2, 0) is 26.2 Å². The largest absolute Gasteiger partial charge is 0.354 e. The first-order valence-electron chi connectivity index (χ1n) is 11.0. The molecule has 1 aliphatic rings. The molecular formula is C24H29N3O5S. The molecule has 0 saturated carbocycles. The third-order valence-corrected chi connectivity index (χ3v) is 7.35. The van der Waals surface area contributed by atoms with Gasteiger partial charge in [-0.2, -0.15) is 0 Å². The molecule has 2 aromatic rings. The molecule has 0 saturated heterocycles. The van der Waals surface area contributed by atoms with E-state index in [1.807, 2.05) is 38.1 Å². The highest BCUT2D eigenvalue weighted by molar-refractivity contribution is 7.90. The van der Waals surface area contributed by atoms with Crippen molar-refractivity contribution in [3.8, 4) is 0 Å². The van der Waals surface area contributed by atoms with Gasteiger partial charge in [0.05, 0.1) is 5.56 Å². The summed E-state index contributed by atoms with van der Waals surface area (Å²) in [6.45, 7) is 5.56. The summed E-state index contributed by atoms with van der Waals surface area (Å²) in [5.74, 6) is -1.66. The Hall–Kier alpha value is -3.20. The fourth-order valence-corrected chi connectivity index (χ4v) is 5.41. The van der Waals surface area contributed by atoms with E-state index in [0.29, 0.717) is 17.3 Å². The van der Waals surface area contributed by atoms with Crippen LogP contribution in [0.2, 0.25) is 0 Å². The quantitative estimate of drug-likeness (QED) is 0.605. The molecule has 0 unspecified atom stereocenters. The van der Waals surface area contributed by atoms with Gasteiger partial charge in [0.1, 0.15) is 17.5 Å². The predicted molar refractivity (Wildman–Crippen MR) is 124 cm³/mol. The Kier molecular flexibility index (Phi) is 7.53. The van der Waals surface area contributed by atoms with Gasteiger partial charge in [0.25, 0.3) is 15.9 Å². The maximum Gasteiger partial charge on any atom is 0.269 e. The van der Waals surface area contributed by atoms with Gasteiger partial charge in [-0.1, -0.05) is 55.8 Å². The van der Waals surface area contributed by atoms with Crippen LogP contribution in [0.1, 0.15) is 48.2 Å². The lowest BCUT2D eigenvalue weighted by Crippen LogP contribution is -2.52. The van der Waals surface area contributed by atoms with E-state index < -0.39 is 34.4 Å². The molecule has 33 heavy (non-hydrogen) atoms. The highest BCUT2D eigenvalue weighted by Crippen LogP contribution is 2.30. The van der Waals surface area contributed by atoms with Crippen LogP contribution in [0.4, 0.5) is 0 Å². The molecule has 3 rings (SSSR count). The first-order valence-corrected chi connectivity index (χ1v) is 12.4. The molecule has 0 radical (unpaired) electrons. The maximum atomic E-state index is 13.4. The first-order chi connectivity index (χ1) is 15.7. The molecular weight excluding hydrogens is 442 g/mol. The van der Waals surface area contributed by atoms with E-state index >= 15 is 0 Å².